The first-order chi connectivity index (χ1) is 8.51. The highest BCUT2D eigenvalue weighted by molar-refractivity contribution is 5.61. The van der Waals surface area contributed by atoms with Gasteiger partial charge in [-0.2, -0.15) is 4.98 Å². The third kappa shape index (κ3) is 3.04. The van der Waals surface area contributed by atoms with E-state index in [-0.39, 0.29) is 23.1 Å². The van der Waals surface area contributed by atoms with Gasteiger partial charge in [0, 0.05) is 20.2 Å². The van der Waals surface area contributed by atoms with Crippen LogP contribution >= 0.6 is 0 Å². The summed E-state index contributed by atoms with van der Waals surface area (Å²) in [5.41, 5.74) is 5.70. The van der Waals surface area contributed by atoms with Crippen molar-refractivity contribution in [3.05, 3.63) is 15.8 Å². The molecular formula is C10H17N5O3. The zero-order chi connectivity index (χ0) is 13.7. The molecule has 0 amide bonds. The number of likely N-dealkylation sites (N-methyl/N-ethyl adjacent to an activating group) is 1. The summed E-state index contributed by atoms with van der Waals surface area (Å²) < 4.78 is 4.97. The molecule has 0 spiro atoms. The second kappa shape index (κ2) is 6.10. The van der Waals surface area contributed by atoms with Gasteiger partial charge in [0.15, 0.2) is 0 Å². The Morgan fingerprint density at radius 2 is 2.17 bits per heavy atom. The molecule has 0 unspecified atom stereocenters. The van der Waals surface area contributed by atoms with Crippen molar-refractivity contribution in [2.24, 2.45) is 0 Å². The lowest BCUT2D eigenvalue weighted by molar-refractivity contribution is -0.385. The maximum Gasteiger partial charge on any atom is 0.332 e. The van der Waals surface area contributed by atoms with Crippen molar-refractivity contribution in [3.8, 4) is 0 Å². The van der Waals surface area contributed by atoms with Crippen LogP contribution in [0.2, 0.25) is 0 Å². The summed E-state index contributed by atoms with van der Waals surface area (Å²) in [4.78, 5) is 20.1. The van der Waals surface area contributed by atoms with Crippen LogP contribution in [-0.4, -0.2) is 41.7 Å². The van der Waals surface area contributed by atoms with Crippen molar-refractivity contribution >= 4 is 17.5 Å². The Hall–Kier alpha value is -1.96. The molecule has 0 saturated carbocycles. The minimum absolute atomic E-state index is 0.0315. The Bertz CT molecular complexity index is 438. The van der Waals surface area contributed by atoms with Gasteiger partial charge in [0.05, 0.1) is 11.5 Å². The number of aromatic nitrogens is 2. The summed E-state index contributed by atoms with van der Waals surface area (Å²) in [5, 5.41) is 11.1. The number of nitrogens with zero attached hydrogens (tertiary/aromatic N) is 4. The van der Waals surface area contributed by atoms with E-state index in [4.69, 9.17) is 10.5 Å². The van der Waals surface area contributed by atoms with Gasteiger partial charge in [0.25, 0.3) is 0 Å². The van der Waals surface area contributed by atoms with Gasteiger partial charge in [0.1, 0.15) is 5.69 Å². The van der Waals surface area contributed by atoms with Crippen LogP contribution in [0.1, 0.15) is 12.6 Å². The molecular weight excluding hydrogens is 238 g/mol. The number of hydrogen-bond acceptors (Lipinski definition) is 7. The molecule has 0 fully saturated rings. The Morgan fingerprint density at radius 1 is 1.50 bits per heavy atom. The molecule has 0 radical (unpaired) electrons. The topological polar surface area (TPSA) is 107 Å². The summed E-state index contributed by atoms with van der Waals surface area (Å²) >= 11 is 0. The van der Waals surface area contributed by atoms with Crippen LogP contribution < -0.4 is 10.6 Å². The molecule has 2 N–H and O–H groups in total. The summed E-state index contributed by atoms with van der Waals surface area (Å²) in [6.07, 6.45) is 0. The molecule has 0 saturated heterocycles. The van der Waals surface area contributed by atoms with Crippen molar-refractivity contribution in [2.45, 2.75) is 13.8 Å². The van der Waals surface area contributed by atoms with Crippen molar-refractivity contribution in [2.75, 3.05) is 37.4 Å². The molecule has 0 aliphatic heterocycles. The molecule has 0 aliphatic carbocycles. The average Bonchev–Trinajstić information content (AvgIpc) is 2.28. The van der Waals surface area contributed by atoms with Crippen LogP contribution in [-0.2, 0) is 4.74 Å². The van der Waals surface area contributed by atoms with Crippen LogP contribution in [0.15, 0.2) is 0 Å². The number of nitrogens with two attached hydrogens (primary N) is 1. The number of methoxy groups -OCH3 is 1. The molecule has 1 aromatic rings. The lowest BCUT2D eigenvalue weighted by Gasteiger charge is -2.21. The molecule has 0 aromatic carbocycles. The first kappa shape index (κ1) is 14.1. The quantitative estimate of drug-likeness (QED) is 0.590. The van der Waals surface area contributed by atoms with Crippen LogP contribution in [0.4, 0.5) is 17.5 Å². The number of anilines is 2. The molecule has 100 valence electrons. The standard InChI is InChI=1S/C10H17N5O3/c1-4-14(5-6-18-3)9-8(15(16)17)7(2)12-10(11)13-9/h4-6H2,1-3H3,(H2,11,12,13). The average molecular weight is 255 g/mol. The SMILES string of the molecule is CCN(CCOC)c1nc(N)nc(C)c1[N+](=O)[O-]. The van der Waals surface area contributed by atoms with Gasteiger partial charge in [-0.3, -0.25) is 10.1 Å². The number of rotatable bonds is 6. The largest absolute Gasteiger partial charge is 0.383 e. The third-order valence-corrected chi connectivity index (χ3v) is 2.49. The zero-order valence-electron chi connectivity index (χ0n) is 10.7. The Labute approximate surface area is 105 Å². The molecule has 8 heteroatoms. The number of nitrogen functional groups attached to an aromatic ring is 1. The first-order valence-electron chi connectivity index (χ1n) is 5.53. The highest BCUT2D eigenvalue weighted by Gasteiger charge is 2.25. The van der Waals surface area contributed by atoms with Gasteiger partial charge < -0.3 is 15.4 Å². The molecule has 0 aliphatic rings. The fourth-order valence-corrected chi connectivity index (χ4v) is 1.62. The van der Waals surface area contributed by atoms with Gasteiger partial charge in [0.2, 0.25) is 11.8 Å². The molecule has 0 atom stereocenters. The Balaban J connectivity index is 3.22. The van der Waals surface area contributed by atoms with Gasteiger partial charge in [-0.1, -0.05) is 0 Å². The number of nitro groups is 1. The van der Waals surface area contributed by atoms with Crippen LogP contribution in [0, 0.1) is 17.0 Å². The maximum atomic E-state index is 11.1. The highest BCUT2D eigenvalue weighted by Crippen LogP contribution is 2.28. The molecule has 18 heavy (non-hydrogen) atoms. The molecule has 8 nitrogen and oxygen atoms in total. The van der Waals surface area contributed by atoms with Gasteiger partial charge in [-0.05, 0) is 13.8 Å². The van der Waals surface area contributed by atoms with E-state index >= 15 is 0 Å². The normalized spacial score (nSPS) is 10.4. The maximum absolute atomic E-state index is 11.1. The fraction of sp³-hybridized carbons (Fsp3) is 0.600. The zero-order valence-corrected chi connectivity index (χ0v) is 10.7. The van der Waals surface area contributed by atoms with E-state index in [1.807, 2.05) is 6.92 Å². The second-order valence-corrected chi connectivity index (χ2v) is 3.67. The van der Waals surface area contributed by atoms with Gasteiger partial charge >= 0.3 is 5.69 Å². The number of hydrogen-bond donors (Lipinski definition) is 1. The minimum atomic E-state index is -0.487. The summed E-state index contributed by atoms with van der Waals surface area (Å²) in [5.74, 6) is 0.272. The van der Waals surface area contributed by atoms with Crippen LogP contribution in [0.25, 0.3) is 0 Å². The van der Waals surface area contributed by atoms with Gasteiger partial charge in [-0.25, -0.2) is 4.98 Å². The molecule has 1 rings (SSSR count). The minimum Gasteiger partial charge on any atom is -0.383 e. The Kier molecular flexibility index (Phi) is 4.78. The monoisotopic (exact) mass is 255 g/mol. The third-order valence-electron chi connectivity index (χ3n) is 2.49. The van der Waals surface area contributed by atoms with Crippen molar-refractivity contribution < 1.29 is 9.66 Å². The smallest absolute Gasteiger partial charge is 0.332 e. The van der Waals surface area contributed by atoms with E-state index in [0.717, 1.165) is 0 Å². The van der Waals surface area contributed by atoms with E-state index in [1.165, 1.54) is 0 Å². The summed E-state index contributed by atoms with van der Waals surface area (Å²) in [6.45, 7) is 4.95. The Morgan fingerprint density at radius 3 is 2.67 bits per heavy atom. The predicted molar refractivity (Wildman–Crippen MR) is 67.6 cm³/mol. The van der Waals surface area contributed by atoms with Crippen molar-refractivity contribution in [3.63, 3.8) is 0 Å². The van der Waals surface area contributed by atoms with E-state index in [0.29, 0.717) is 19.7 Å². The van der Waals surface area contributed by atoms with E-state index in [9.17, 15) is 10.1 Å². The molecule has 1 heterocycles. The van der Waals surface area contributed by atoms with E-state index < -0.39 is 4.92 Å². The molecule has 1 aromatic heterocycles. The second-order valence-electron chi connectivity index (χ2n) is 3.67. The van der Waals surface area contributed by atoms with Crippen molar-refractivity contribution in [1.82, 2.24) is 9.97 Å². The first-order valence-corrected chi connectivity index (χ1v) is 5.53. The number of ether oxygens (including phenoxy) is 1. The van der Waals surface area contributed by atoms with Crippen LogP contribution in [0.5, 0.6) is 0 Å². The highest BCUT2D eigenvalue weighted by atomic mass is 16.6. The van der Waals surface area contributed by atoms with Gasteiger partial charge in [-0.15, -0.1) is 0 Å². The van der Waals surface area contributed by atoms with Crippen LogP contribution in [0.3, 0.4) is 0 Å². The molecule has 0 bridgehead atoms. The lowest BCUT2D eigenvalue weighted by Crippen LogP contribution is -2.29. The predicted octanol–water partition coefficient (Wildman–Crippen LogP) is 0.748. The summed E-state index contributed by atoms with van der Waals surface area (Å²) in [6, 6.07) is 0. The van der Waals surface area contributed by atoms with Crippen molar-refractivity contribution in [1.29, 1.82) is 0 Å². The lowest BCUT2D eigenvalue weighted by atomic mass is 10.3. The number of aryl methyl sites for hydroxylation is 1. The van der Waals surface area contributed by atoms with E-state index in [1.54, 1.807) is 18.9 Å². The summed E-state index contributed by atoms with van der Waals surface area (Å²) in [7, 11) is 1.57. The fourth-order valence-electron chi connectivity index (χ4n) is 1.62. The van der Waals surface area contributed by atoms with E-state index in [2.05, 4.69) is 9.97 Å².